The highest BCUT2D eigenvalue weighted by molar-refractivity contribution is 5.83. The second kappa shape index (κ2) is 9.84. The molecule has 1 saturated heterocycles. The first kappa shape index (κ1) is 21.2. The molecule has 1 aliphatic rings. The molecule has 0 spiro atoms. The van der Waals surface area contributed by atoms with Crippen LogP contribution in [0.15, 0.2) is 73.1 Å². The van der Waals surface area contributed by atoms with E-state index in [2.05, 4.69) is 22.4 Å². The molecule has 3 aromatic rings. The maximum atomic E-state index is 13.4. The molecule has 1 aliphatic heterocycles. The number of amides is 1. The molecule has 0 bridgehead atoms. The molecule has 0 unspecified atom stereocenters. The molecule has 2 heterocycles. The van der Waals surface area contributed by atoms with E-state index in [1.54, 1.807) is 24.5 Å². The zero-order valence-corrected chi connectivity index (χ0v) is 17.5. The number of hydrogen-bond donors (Lipinski definition) is 1. The first-order valence-electron chi connectivity index (χ1n) is 10.8. The summed E-state index contributed by atoms with van der Waals surface area (Å²) in [4.78, 5) is 17.5. The summed E-state index contributed by atoms with van der Waals surface area (Å²) in [6, 6.07) is 18.7. The van der Waals surface area contributed by atoms with E-state index in [4.69, 9.17) is 4.74 Å². The lowest BCUT2D eigenvalue weighted by Gasteiger charge is -2.36. The summed E-state index contributed by atoms with van der Waals surface area (Å²) in [6.07, 6.45) is 6.31. The highest BCUT2D eigenvalue weighted by Crippen LogP contribution is 2.37. The fraction of sp³-hybridized carbons (Fsp3) is 0.308. The van der Waals surface area contributed by atoms with Gasteiger partial charge in [-0.3, -0.25) is 9.78 Å². The zero-order chi connectivity index (χ0) is 21.5. The quantitative estimate of drug-likeness (QED) is 0.611. The smallest absolute Gasteiger partial charge is 0.226 e. The molecule has 0 radical (unpaired) electrons. The molecule has 4 rings (SSSR count). The van der Waals surface area contributed by atoms with Gasteiger partial charge in [-0.2, -0.15) is 0 Å². The van der Waals surface area contributed by atoms with E-state index in [-0.39, 0.29) is 11.7 Å². The molecular formula is C26H27FN2O2. The van der Waals surface area contributed by atoms with Crippen LogP contribution in [0.3, 0.4) is 0 Å². The molecule has 2 aromatic carbocycles. The first-order chi connectivity index (χ1) is 15.2. The number of pyridine rings is 1. The molecular weight excluding hydrogens is 391 g/mol. The number of rotatable bonds is 7. The zero-order valence-electron chi connectivity index (χ0n) is 17.5. The molecule has 160 valence electrons. The Hall–Kier alpha value is -3.05. The van der Waals surface area contributed by atoms with Crippen LogP contribution in [0.2, 0.25) is 0 Å². The van der Waals surface area contributed by atoms with Gasteiger partial charge in [-0.25, -0.2) is 4.39 Å². The van der Waals surface area contributed by atoms with Gasteiger partial charge < -0.3 is 10.1 Å². The van der Waals surface area contributed by atoms with E-state index in [1.165, 1.54) is 12.1 Å². The summed E-state index contributed by atoms with van der Waals surface area (Å²) in [7, 11) is 0. The summed E-state index contributed by atoms with van der Waals surface area (Å²) in [5.74, 6) is -0.177. The van der Waals surface area contributed by atoms with Crippen LogP contribution in [0.1, 0.15) is 24.0 Å². The molecule has 0 aliphatic carbocycles. The summed E-state index contributed by atoms with van der Waals surface area (Å²) in [5, 5.41) is 3.14. The number of ether oxygens (including phenoxy) is 1. The lowest BCUT2D eigenvalue weighted by atomic mass is 9.73. The van der Waals surface area contributed by atoms with E-state index < -0.39 is 5.41 Å². The molecule has 1 amide bonds. The average molecular weight is 419 g/mol. The molecule has 5 heteroatoms. The Morgan fingerprint density at radius 3 is 2.45 bits per heavy atom. The second-order valence-electron chi connectivity index (χ2n) is 8.09. The molecule has 1 aromatic heterocycles. The van der Waals surface area contributed by atoms with Crippen LogP contribution in [0.25, 0.3) is 11.1 Å². The third kappa shape index (κ3) is 5.17. The Morgan fingerprint density at radius 1 is 1.00 bits per heavy atom. The summed E-state index contributed by atoms with van der Waals surface area (Å²) < 4.78 is 18.7. The van der Waals surface area contributed by atoms with Gasteiger partial charge in [0.25, 0.3) is 0 Å². The van der Waals surface area contributed by atoms with Crippen molar-refractivity contribution in [2.75, 3.05) is 19.8 Å². The Balaban J connectivity index is 1.50. The van der Waals surface area contributed by atoms with E-state index in [0.29, 0.717) is 45.4 Å². The van der Waals surface area contributed by atoms with Gasteiger partial charge in [-0.05, 0) is 72.2 Å². The number of benzene rings is 2. The van der Waals surface area contributed by atoms with Gasteiger partial charge >= 0.3 is 0 Å². The minimum atomic E-state index is -0.496. The lowest BCUT2D eigenvalue weighted by Crippen LogP contribution is -2.46. The summed E-state index contributed by atoms with van der Waals surface area (Å²) in [5.41, 5.74) is 3.90. The van der Waals surface area contributed by atoms with Gasteiger partial charge in [0.2, 0.25) is 5.91 Å². The van der Waals surface area contributed by atoms with Gasteiger partial charge in [0.1, 0.15) is 5.82 Å². The van der Waals surface area contributed by atoms with E-state index in [0.717, 1.165) is 22.3 Å². The SMILES string of the molecule is O=C(NCCc1ccc(F)cc1)C1(Cc2ccccc2-c2ccncc2)CCOCC1. The third-order valence-electron chi connectivity index (χ3n) is 6.08. The van der Waals surface area contributed by atoms with Gasteiger partial charge in [0, 0.05) is 32.2 Å². The summed E-state index contributed by atoms with van der Waals surface area (Å²) in [6.45, 7) is 1.70. The number of nitrogens with zero attached hydrogens (tertiary/aromatic N) is 1. The van der Waals surface area contributed by atoms with Gasteiger partial charge in [0.05, 0.1) is 5.41 Å². The Kier molecular flexibility index (Phi) is 6.73. The van der Waals surface area contributed by atoms with Crippen molar-refractivity contribution in [1.29, 1.82) is 0 Å². The molecule has 0 atom stereocenters. The number of carbonyl (C=O) groups excluding carboxylic acids is 1. The van der Waals surface area contributed by atoms with Crippen LogP contribution in [0, 0.1) is 11.2 Å². The topological polar surface area (TPSA) is 51.2 Å². The van der Waals surface area contributed by atoms with Crippen molar-refractivity contribution < 1.29 is 13.9 Å². The van der Waals surface area contributed by atoms with Crippen LogP contribution >= 0.6 is 0 Å². The summed E-state index contributed by atoms with van der Waals surface area (Å²) >= 11 is 0. The van der Waals surface area contributed by atoms with Gasteiger partial charge in [-0.1, -0.05) is 36.4 Å². The molecule has 0 saturated carbocycles. The number of halogens is 1. The molecule has 1 fully saturated rings. The minimum absolute atomic E-state index is 0.0717. The highest BCUT2D eigenvalue weighted by atomic mass is 19.1. The van der Waals surface area contributed by atoms with E-state index >= 15 is 0 Å². The standard InChI is InChI=1S/C26H27FN2O2/c27-23-7-5-20(6-8-23)9-16-29-25(30)26(12-17-31-18-13-26)19-22-3-1-2-4-24(22)21-10-14-28-15-11-21/h1-8,10-11,14-15H,9,12-13,16-19H2,(H,29,30). The van der Waals surface area contributed by atoms with Crippen molar-refractivity contribution in [3.05, 3.63) is 90.0 Å². The number of aromatic nitrogens is 1. The van der Waals surface area contributed by atoms with Crippen LogP contribution < -0.4 is 5.32 Å². The maximum absolute atomic E-state index is 13.4. The molecule has 31 heavy (non-hydrogen) atoms. The van der Waals surface area contributed by atoms with E-state index in [1.807, 2.05) is 24.3 Å². The fourth-order valence-electron chi connectivity index (χ4n) is 4.26. The van der Waals surface area contributed by atoms with Crippen LogP contribution in [0.4, 0.5) is 4.39 Å². The Morgan fingerprint density at radius 2 is 1.71 bits per heavy atom. The predicted molar refractivity (Wildman–Crippen MR) is 119 cm³/mol. The molecule has 4 nitrogen and oxygen atoms in total. The maximum Gasteiger partial charge on any atom is 0.226 e. The van der Waals surface area contributed by atoms with Crippen molar-refractivity contribution >= 4 is 5.91 Å². The predicted octanol–water partition coefficient (Wildman–Crippen LogP) is 4.59. The van der Waals surface area contributed by atoms with Crippen molar-refractivity contribution in [2.24, 2.45) is 5.41 Å². The number of nitrogens with one attached hydrogen (secondary N) is 1. The van der Waals surface area contributed by atoms with Crippen LogP contribution in [-0.4, -0.2) is 30.6 Å². The largest absolute Gasteiger partial charge is 0.381 e. The second-order valence-corrected chi connectivity index (χ2v) is 8.09. The van der Waals surface area contributed by atoms with Gasteiger partial charge in [0.15, 0.2) is 0 Å². The Labute approximate surface area is 182 Å². The van der Waals surface area contributed by atoms with Gasteiger partial charge in [-0.15, -0.1) is 0 Å². The van der Waals surface area contributed by atoms with Crippen molar-refractivity contribution in [3.8, 4) is 11.1 Å². The molecule has 1 N–H and O–H groups in total. The average Bonchev–Trinajstić information content (AvgIpc) is 2.82. The van der Waals surface area contributed by atoms with Crippen LogP contribution in [-0.2, 0) is 22.4 Å². The van der Waals surface area contributed by atoms with E-state index in [9.17, 15) is 9.18 Å². The lowest BCUT2D eigenvalue weighted by molar-refractivity contribution is -0.136. The van der Waals surface area contributed by atoms with Crippen molar-refractivity contribution in [1.82, 2.24) is 10.3 Å². The first-order valence-corrected chi connectivity index (χ1v) is 10.8. The number of hydrogen-bond acceptors (Lipinski definition) is 3. The van der Waals surface area contributed by atoms with Crippen molar-refractivity contribution in [3.63, 3.8) is 0 Å². The normalized spacial score (nSPS) is 15.4. The number of carbonyl (C=O) groups is 1. The Bertz CT molecular complexity index is 999. The minimum Gasteiger partial charge on any atom is -0.381 e. The highest BCUT2D eigenvalue weighted by Gasteiger charge is 2.40. The monoisotopic (exact) mass is 418 g/mol. The third-order valence-corrected chi connectivity index (χ3v) is 6.08. The fourth-order valence-corrected chi connectivity index (χ4v) is 4.26. The van der Waals surface area contributed by atoms with Crippen molar-refractivity contribution in [2.45, 2.75) is 25.7 Å². The van der Waals surface area contributed by atoms with Crippen LogP contribution in [0.5, 0.6) is 0 Å².